The zero-order valence-corrected chi connectivity index (χ0v) is 20.9. The van der Waals surface area contributed by atoms with Gasteiger partial charge in [0.2, 0.25) is 5.91 Å². The number of nitrogens with one attached hydrogen (secondary N) is 3. The molecule has 0 unspecified atom stereocenters. The molecule has 5 nitrogen and oxygen atoms in total. The Morgan fingerprint density at radius 3 is 2.03 bits per heavy atom. The number of nitrogens with two attached hydrogens (primary N) is 1. The molecule has 0 fully saturated rings. The van der Waals surface area contributed by atoms with Gasteiger partial charge in [-0.1, -0.05) is 54.6 Å². The Labute approximate surface area is 209 Å². The molecule has 0 radical (unpaired) electrons. The third-order valence-electron chi connectivity index (χ3n) is 6.84. The summed E-state index contributed by atoms with van der Waals surface area (Å²) in [4.78, 5) is 12.3. The van der Waals surface area contributed by atoms with Gasteiger partial charge in [0.15, 0.2) is 0 Å². The fourth-order valence-electron chi connectivity index (χ4n) is 4.96. The predicted molar refractivity (Wildman–Crippen MR) is 149 cm³/mol. The molecule has 0 aliphatic rings. The van der Waals surface area contributed by atoms with Gasteiger partial charge in [0.25, 0.3) is 0 Å². The molecule has 0 aromatic heterocycles. The van der Waals surface area contributed by atoms with Crippen molar-refractivity contribution in [3.8, 4) is 0 Å². The SMILES string of the molecule is NCCCNCCCCNCCCNC(=O)CCCc1ccc2ccc3cccc4ccc1c2c34. The number of unbranched alkanes of at least 4 members (excludes halogenated alkanes) is 1. The molecule has 0 aliphatic heterocycles. The van der Waals surface area contributed by atoms with Gasteiger partial charge in [0.1, 0.15) is 0 Å². The third kappa shape index (κ3) is 6.91. The first-order valence-corrected chi connectivity index (χ1v) is 13.3. The molecule has 0 heterocycles. The van der Waals surface area contributed by atoms with Crippen molar-refractivity contribution in [2.75, 3.05) is 39.3 Å². The maximum Gasteiger partial charge on any atom is 0.220 e. The monoisotopic (exact) mass is 472 g/mol. The maximum atomic E-state index is 12.3. The summed E-state index contributed by atoms with van der Waals surface area (Å²) >= 11 is 0. The summed E-state index contributed by atoms with van der Waals surface area (Å²) in [6.45, 7) is 5.56. The average molecular weight is 473 g/mol. The van der Waals surface area contributed by atoms with E-state index < -0.39 is 0 Å². The highest BCUT2D eigenvalue weighted by atomic mass is 16.1. The van der Waals surface area contributed by atoms with Crippen molar-refractivity contribution in [3.05, 3.63) is 60.2 Å². The van der Waals surface area contributed by atoms with Crippen LogP contribution in [0.25, 0.3) is 32.3 Å². The highest BCUT2D eigenvalue weighted by Gasteiger charge is 2.11. The number of rotatable bonds is 16. The Kier molecular flexibility index (Phi) is 9.70. The fourth-order valence-corrected chi connectivity index (χ4v) is 4.96. The van der Waals surface area contributed by atoms with E-state index in [0.717, 1.165) is 65.0 Å². The van der Waals surface area contributed by atoms with Crippen LogP contribution in [0, 0.1) is 0 Å². The van der Waals surface area contributed by atoms with Crippen molar-refractivity contribution in [1.82, 2.24) is 16.0 Å². The van der Waals surface area contributed by atoms with E-state index in [-0.39, 0.29) is 5.91 Å². The normalized spacial score (nSPS) is 11.7. The summed E-state index contributed by atoms with van der Waals surface area (Å²) < 4.78 is 0. The van der Waals surface area contributed by atoms with Crippen LogP contribution in [-0.4, -0.2) is 45.2 Å². The van der Waals surface area contributed by atoms with Crippen LogP contribution >= 0.6 is 0 Å². The summed E-state index contributed by atoms with van der Waals surface area (Å²) in [5.41, 5.74) is 6.82. The molecule has 0 saturated carbocycles. The minimum Gasteiger partial charge on any atom is -0.356 e. The standard InChI is InChI=1S/C30H40N4O/c31-17-5-20-32-18-1-2-19-33-21-6-22-34-28(35)10-4-7-23-11-12-26-14-13-24-8-3-9-25-15-16-27(23)30(26)29(24)25/h3,8-9,11-16,32-33H,1-2,4-7,10,17-22,31H2,(H,34,35). The van der Waals surface area contributed by atoms with Crippen molar-refractivity contribution in [3.63, 3.8) is 0 Å². The molecule has 0 spiro atoms. The van der Waals surface area contributed by atoms with Gasteiger partial charge in [0.05, 0.1) is 0 Å². The minimum atomic E-state index is 0.159. The average Bonchev–Trinajstić information content (AvgIpc) is 2.88. The Morgan fingerprint density at radius 2 is 1.29 bits per heavy atom. The fraction of sp³-hybridized carbons (Fsp3) is 0.433. The lowest BCUT2D eigenvalue weighted by molar-refractivity contribution is -0.121. The molecule has 4 rings (SSSR count). The van der Waals surface area contributed by atoms with E-state index in [1.165, 1.54) is 50.7 Å². The molecule has 0 aliphatic carbocycles. The largest absolute Gasteiger partial charge is 0.356 e. The first-order chi connectivity index (χ1) is 17.3. The zero-order valence-electron chi connectivity index (χ0n) is 20.9. The van der Waals surface area contributed by atoms with Gasteiger partial charge < -0.3 is 21.7 Å². The van der Waals surface area contributed by atoms with Crippen molar-refractivity contribution in [1.29, 1.82) is 0 Å². The Morgan fingerprint density at radius 1 is 0.657 bits per heavy atom. The molecule has 35 heavy (non-hydrogen) atoms. The Balaban J connectivity index is 1.14. The van der Waals surface area contributed by atoms with Gasteiger partial charge in [-0.05, 0) is 109 Å². The summed E-state index contributed by atoms with van der Waals surface area (Å²) in [6, 6.07) is 19.9. The number of carbonyl (C=O) groups is 1. The summed E-state index contributed by atoms with van der Waals surface area (Å²) in [5, 5.41) is 17.9. The predicted octanol–water partition coefficient (Wildman–Crippen LogP) is 4.72. The van der Waals surface area contributed by atoms with Gasteiger partial charge in [-0.3, -0.25) is 4.79 Å². The lowest BCUT2D eigenvalue weighted by Crippen LogP contribution is -2.27. The van der Waals surface area contributed by atoms with Crippen LogP contribution in [0.3, 0.4) is 0 Å². The van der Waals surface area contributed by atoms with Crippen LogP contribution in [0.1, 0.15) is 44.1 Å². The zero-order chi connectivity index (χ0) is 24.3. The van der Waals surface area contributed by atoms with E-state index >= 15 is 0 Å². The van der Waals surface area contributed by atoms with Gasteiger partial charge in [0, 0.05) is 13.0 Å². The minimum absolute atomic E-state index is 0.159. The second kappa shape index (κ2) is 13.4. The molecular formula is C30H40N4O. The molecular weight excluding hydrogens is 432 g/mol. The molecule has 1 amide bonds. The smallest absolute Gasteiger partial charge is 0.220 e. The Bertz CT molecular complexity index is 1190. The number of hydrogen-bond donors (Lipinski definition) is 4. The van der Waals surface area contributed by atoms with Gasteiger partial charge in [-0.15, -0.1) is 0 Å². The van der Waals surface area contributed by atoms with Gasteiger partial charge >= 0.3 is 0 Å². The number of amides is 1. The van der Waals surface area contributed by atoms with Gasteiger partial charge in [-0.25, -0.2) is 0 Å². The molecule has 0 saturated heterocycles. The molecule has 0 atom stereocenters. The molecule has 4 aromatic carbocycles. The van der Waals surface area contributed by atoms with Crippen molar-refractivity contribution in [2.24, 2.45) is 5.73 Å². The van der Waals surface area contributed by atoms with E-state index in [0.29, 0.717) is 6.42 Å². The van der Waals surface area contributed by atoms with E-state index in [4.69, 9.17) is 5.73 Å². The number of aryl methyl sites for hydroxylation is 1. The van der Waals surface area contributed by atoms with E-state index in [1.807, 2.05) is 0 Å². The van der Waals surface area contributed by atoms with Crippen molar-refractivity contribution >= 4 is 38.2 Å². The quantitative estimate of drug-likeness (QED) is 0.141. The molecule has 5 N–H and O–H groups in total. The summed E-state index contributed by atoms with van der Waals surface area (Å²) in [6.07, 6.45) is 6.73. The second-order valence-electron chi connectivity index (χ2n) is 9.49. The van der Waals surface area contributed by atoms with Crippen molar-refractivity contribution < 1.29 is 4.79 Å². The van der Waals surface area contributed by atoms with Crippen LogP contribution in [0.5, 0.6) is 0 Å². The molecule has 4 aromatic rings. The van der Waals surface area contributed by atoms with E-state index in [2.05, 4.69) is 70.5 Å². The number of carbonyl (C=O) groups excluding carboxylic acids is 1. The number of benzene rings is 4. The summed E-state index contributed by atoms with van der Waals surface area (Å²) in [5.74, 6) is 0.159. The van der Waals surface area contributed by atoms with Crippen molar-refractivity contribution in [2.45, 2.75) is 44.9 Å². The highest BCUT2D eigenvalue weighted by molar-refractivity contribution is 6.23. The number of hydrogen-bond acceptors (Lipinski definition) is 4. The molecule has 186 valence electrons. The maximum absolute atomic E-state index is 12.3. The third-order valence-corrected chi connectivity index (χ3v) is 6.84. The highest BCUT2D eigenvalue weighted by Crippen LogP contribution is 2.36. The van der Waals surface area contributed by atoms with Crippen LogP contribution < -0.4 is 21.7 Å². The lowest BCUT2D eigenvalue weighted by Gasteiger charge is -2.14. The Hall–Kier alpha value is -2.73. The first-order valence-electron chi connectivity index (χ1n) is 13.3. The van der Waals surface area contributed by atoms with Crippen LogP contribution in [0.2, 0.25) is 0 Å². The lowest BCUT2D eigenvalue weighted by atomic mass is 9.90. The second-order valence-corrected chi connectivity index (χ2v) is 9.49. The van der Waals surface area contributed by atoms with E-state index in [1.54, 1.807) is 0 Å². The van der Waals surface area contributed by atoms with Crippen LogP contribution in [0.15, 0.2) is 54.6 Å². The van der Waals surface area contributed by atoms with Gasteiger partial charge in [-0.2, -0.15) is 0 Å². The molecule has 0 bridgehead atoms. The van der Waals surface area contributed by atoms with E-state index in [9.17, 15) is 4.79 Å². The topological polar surface area (TPSA) is 79.2 Å². The first kappa shape index (κ1) is 25.4. The van der Waals surface area contributed by atoms with Crippen LogP contribution in [-0.2, 0) is 11.2 Å². The summed E-state index contributed by atoms with van der Waals surface area (Å²) in [7, 11) is 0. The van der Waals surface area contributed by atoms with Crippen LogP contribution in [0.4, 0.5) is 0 Å². The molecule has 5 heteroatoms.